The third-order valence-corrected chi connectivity index (χ3v) is 4.48. The minimum absolute atomic E-state index is 0.0197. The first-order valence-corrected chi connectivity index (χ1v) is 8.42. The lowest BCUT2D eigenvalue weighted by molar-refractivity contribution is -0.134. The maximum atomic E-state index is 12.4. The SMILES string of the molecule is O=C(O)c1cccc([C@@H]2CCCN(C(=O)COc3ccccc3)C2)c1. The Morgan fingerprint density at radius 1 is 1.12 bits per heavy atom. The molecule has 5 heteroatoms. The van der Waals surface area contributed by atoms with Crippen molar-refractivity contribution in [2.24, 2.45) is 0 Å². The van der Waals surface area contributed by atoms with Gasteiger partial charge in [0, 0.05) is 19.0 Å². The average molecular weight is 339 g/mol. The van der Waals surface area contributed by atoms with E-state index in [9.17, 15) is 9.59 Å². The number of piperidine rings is 1. The van der Waals surface area contributed by atoms with Crippen molar-refractivity contribution in [3.05, 3.63) is 65.7 Å². The predicted molar refractivity (Wildman–Crippen MR) is 93.9 cm³/mol. The number of hydrogen-bond donors (Lipinski definition) is 1. The lowest BCUT2D eigenvalue weighted by Crippen LogP contribution is -2.41. The Kier molecular flexibility index (Phi) is 5.33. The molecule has 1 aliphatic rings. The van der Waals surface area contributed by atoms with E-state index in [-0.39, 0.29) is 24.0 Å². The van der Waals surface area contributed by atoms with E-state index in [0.29, 0.717) is 18.8 Å². The Labute approximate surface area is 146 Å². The maximum absolute atomic E-state index is 12.4. The van der Waals surface area contributed by atoms with Crippen molar-refractivity contribution in [2.45, 2.75) is 18.8 Å². The lowest BCUT2D eigenvalue weighted by atomic mass is 9.89. The first-order chi connectivity index (χ1) is 12.1. The van der Waals surface area contributed by atoms with E-state index >= 15 is 0 Å². The van der Waals surface area contributed by atoms with E-state index in [1.165, 1.54) is 0 Å². The molecule has 1 N–H and O–H groups in total. The van der Waals surface area contributed by atoms with E-state index in [1.54, 1.807) is 18.2 Å². The number of aromatic carboxylic acids is 1. The van der Waals surface area contributed by atoms with Crippen molar-refractivity contribution in [1.29, 1.82) is 0 Å². The molecule has 0 aliphatic carbocycles. The van der Waals surface area contributed by atoms with Crippen LogP contribution in [-0.4, -0.2) is 41.6 Å². The highest BCUT2D eigenvalue weighted by molar-refractivity contribution is 5.87. The zero-order valence-corrected chi connectivity index (χ0v) is 13.9. The molecule has 5 nitrogen and oxygen atoms in total. The number of nitrogens with zero attached hydrogens (tertiary/aromatic N) is 1. The monoisotopic (exact) mass is 339 g/mol. The van der Waals surface area contributed by atoms with Crippen molar-refractivity contribution >= 4 is 11.9 Å². The zero-order chi connectivity index (χ0) is 17.6. The van der Waals surface area contributed by atoms with Crippen LogP contribution in [0.3, 0.4) is 0 Å². The van der Waals surface area contributed by atoms with Crippen LogP contribution in [0.15, 0.2) is 54.6 Å². The van der Waals surface area contributed by atoms with E-state index in [1.807, 2.05) is 41.3 Å². The molecule has 2 aromatic rings. The number of rotatable bonds is 5. The lowest BCUT2D eigenvalue weighted by Gasteiger charge is -2.33. The molecule has 1 heterocycles. The van der Waals surface area contributed by atoms with Crippen LogP contribution in [0.5, 0.6) is 5.75 Å². The molecule has 0 radical (unpaired) electrons. The highest BCUT2D eigenvalue weighted by Gasteiger charge is 2.25. The van der Waals surface area contributed by atoms with Crippen LogP contribution >= 0.6 is 0 Å². The van der Waals surface area contributed by atoms with Gasteiger partial charge in [-0.3, -0.25) is 4.79 Å². The van der Waals surface area contributed by atoms with Gasteiger partial charge in [0.05, 0.1) is 5.56 Å². The largest absolute Gasteiger partial charge is 0.484 e. The third-order valence-electron chi connectivity index (χ3n) is 4.48. The highest BCUT2D eigenvalue weighted by atomic mass is 16.5. The standard InChI is InChI=1S/C20H21NO4/c22-19(14-25-18-9-2-1-3-10-18)21-11-5-8-17(13-21)15-6-4-7-16(12-15)20(23)24/h1-4,6-7,9-10,12,17H,5,8,11,13-14H2,(H,23,24)/t17-/m1/s1. The van der Waals surface area contributed by atoms with Crippen LogP contribution in [-0.2, 0) is 4.79 Å². The molecule has 0 bridgehead atoms. The van der Waals surface area contributed by atoms with Crippen LogP contribution < -0.4 is 4.74 Å². The van der Waals surface area contributed by atoms with Crippen molar-refractivity contribution < 1.29 is 19.4 Å². The van der Waals surface area contributed by atoms with E-state index in [0.717, 1.165) is 18.4 Å². The first-order valence-electron chi connectivity index (χ1n) is 8.42. The molecule has 1 amide bonds. The number of carbonyl (C=O) groups excluding carboxylic acids is 1. The molecule has 1 saturated heterocycles. The highest BCUT2D eigenvalue weighted by Crippen LogP contribution is 2.27. The number of para-hydroxylation sites is 1. The van der Waals surface area contributed by atoms with Crippen LogP contribution in [0, 0.1) is 0 Å². The number of ether oxygens (including phenoxy) is 1. The molecule has 0 saturated carbocycles. The third kappa shape index (κ3) is 4.38. The summed E-state index contributed by atoms with van der Waals surface area (Å²) in [6, 6.07) is 16.3. The molecule has 25 heavy (non-hydrogen) atoms. The van der Waals surface area contributed by atoms with Crippen LogP contribution in [0.2, 0.25) is 0 Å². The summed E-state index contributed by atoms with van der Waals surface area (Å²) in [6.45, 7) is 1.33. The Bertz CT molecular complexity index is 744. The number of benzene rings is 2. The van der Waals surface area contributed by atoms with Gasteiger partial charge in [-0.25, -0.2) is 4.79 Å². The number of likely N-dealkylation sites (tertiary alicyclic amines) is 1. The fourth-order valence-corrected chi connectivity index (χ4v) is 3.15. The summed E-state index contributed by atoms with van der Waals surface area (Å²) in [6.07, 6.45) is 1.85. The molecule has 0 aromatic heterocycles. The van der Waals surface area contributed by atoms with Gasteiger partial charge in [0.1, 0.15) is 5.75 Å². The summed E-state index contributed by atoms with van der Waals surface area (Å²) >= 11 is 0. The molecule has 1 aliphatic heterocycles. The fourth-order valence-electron chi connectivity index (χ4n) is 3.15. The van der Waals surface area contributed by atoms with Gasteiger partial charge in [0.15, 0.2) is 6.61 Å². The van der Waals surface area contributed by atoms with Crippen molar-refractivity contribution in [3.63, 3.8) is 0 Å². The summed E-state index contributed by atoms with van der Waals surface area (Å²) in [5, 5.41) is 9.15. The molecule has 1 atom stereocenters. The van der Waals surface area contributed by atoms with Crippen molar-refractivity contribution in [3.8, 4) is 5.75 Å². The van der Waals surface area contributed by atoms with Gasteiger partial charge in [-0.2, -0.15) is 0 Å². The second-order valence-corrected chi connectivity index (χ2v) is 6.21. The van der Waals surface area contributed by atoms with Gasteiger partial charge in [-0.1, -0.05) is 30.3 Å². The summed E-state index contributed by atoms with van der Waals surface area (Å²) in [7, 11) is 0. The molecular formula is C20H21NO4. The average Bonchev–Trinajstić information content (AvgIpc) is 2.67. The fraction of sp³-hybridized carbons (Fsp3) is 0.300. The first kappa shape index (κ1) is 17.0. The van der Waals surface area contributed by atoms with Crippen LogP contribution in [0.1, 0.15) is 34.7 Å². The van der Waals surface area contributed by atoms with E-state index in [2.05, 4.69) is 0 Å². The minimum atomic E-state index is -0.929. The summed E-state index contributed by atoms with van der Waals surface area (Å²) < 4.78 is 5.54. The Morgan fingerprint density at radius 2 is 1.92 bits per heavy atom. The second-order valence-electron chi connectivity index (χ2n) is 6.21. The number of carboxylic acid groups (broad SMARTS) is 1. The number of carbonyl (C=O) groups is 2. The normalized spacial score (nSPS) is 17.1. The zero-order valence-electron chi connectivity index (χ0n) is 13.9. The van der Waals surface area contributed by atoms with Gasteiger partial charge in [0.2, 0.25) is 0 Å². The molecule has 0 spiro atoms. The minimum Gasteiger partial charge on any atom is -0.484 e. The van der Waals surface area contributed by atoms with Crippen molar-refractivity contribution in [2.75, 3.05) is 19.7 Å². The van der Waals surface area contributed by atoms with Crippen LogP contribution in [0.25, 0.3) is 0 Å². The second kappa shape index (κ2) is 7.83. The Hall–Kier alpha value is -2.82. The number of hydrogen-bond acceptors (Lipinski definition) is 3. The molecule has 1 fully saturated rings. The topological polar surface area (TPSA) is 66.8 Å². The Morgan fingerprint density at radius 3 is 2.68 bits per heavy atom. The summed E-state index contributed by atoms with van der Waals surface area (Å²) in [5.74, 6) is -0.128. The van der Waals surface area contributed by atoms with Gasteiger partial charge in [-0.05, 0) is 42.7 Å². The molecule has 2 aromatic carbocycles. The Balaban J connectivity index is 1.61. The van der Waals surface area contributed by atoms with Gasteiger partial charge in [0.25, 0.3) is 5.91 Å². The van der Waals surface area contributed by atoms with Crippen molar-refractivity contribution in [1.82, 2.24) is 4.90 Å². The molecule has 130 valence electrons. The summed E-state index contributed by atoms with van der Waals surface area (Å²) in [4.78, 5) is 25.4. The van der Waals surface area contributed by atoms with Gasteiger partial charge >= 0.3 is 5.97 Å². The molecule has 0 unspecified atom stereocenters. The van der Waals surface area contributed by atoms with E-state index < -0.39 is 5.97 Å². The quantitative estimate of drug-likeness (QED) is 0.908. The molecule has 3 rings (SSSR count). The predicted octanol–water partition coefficient (Wildman–Crippen LogP) is 3.17. The van der Waals surface area contributed by atoms with Gasteiger partial charge < -0.3 is 14.7 Å². The summed E-state index contributed by atoms with van der Waals surface area (Å²) in [5.41, 5.74) is 1.26. The number of amides is 1. The van der Waals surface area contributed by atoms with E-state index in [4.69, 9.17) is 9.84 Å². The molecular weight excluding hydrogens is 318 g/mol. The van der Waals surface area contributed by atoms with Crippen LogP contribution in [0.4, 0.5) is 0 Å². The maximum Gasteiger partial charge on any atom is 0.335 e. The smallest absolute Gasteiger partial charge is 0.335 e. The number of carboxylic acids is 1. The van der Waals surface area contributed by atoms with Gasteiger partial charge in [-0.15, -0.1) is 0 Å².